The van der Waals surface area contributed by atoms with Crippen molar-refractivity contribution >= 4 is 69.2 Å². The van der Waals surface area contributed by atoms with Crippen LogP contribution in [0.25, 0.3) is 0 Å². The Morgan fingerprint density at radius 3 is 1.45 bits per heavy atom. The zero-order valence-electron chi connectivity index (χ0n) is 20.8. The highest BCUT2D eigenvalue weighted by atomic mass is 32.2. The summed E-state index contributed by atoms with van der Waals surface area (Å²) in [4.78, 5) is 28.9. The molecule has 2 saturated heterocycles. The average Bonchev–Trinajstić information content (AvgIpc) is 2.72. The number of hydrogen-bond donors (Lipinski definition) is 1. The van der Waals surface area contributed by atoms with E-state index in [9.17, 15) is 9.59 Å². The molecular weight excluding hydrogens is 501 g/mol. The van der Waals surface area contributed by atoms with Crippen LogP contribution in [0.15, 0.2) is 0 Å². The number of hydrogen-bond acceptors (Lipinski definition) is 9. The number of rotatable bonds is 0. The van der Waals surface area contributed by atoms with Crippen LogP contribution in [0.5, 0.6) is 0 Å². The predicted molar refractivity (Wildman–Crippen MR) is 146 cm³/mol. The number of amides is 2. The van der Waals surface area contributed by atoms with E-state index in [4.69, 9.17) is 21.7 Å². The molecule has 0 atom stereocenters. The summed E-state index contributed by atoms with van der Waals surface area (Å²) in [6.45, 7) is 17.4. The summed E-state index contributed by atoms with van der Waals surface area (Å²) in [6, 6.07) is 0. The number of nitrogens with one attached hydrogen (secondary N) is 1. The highest BCUT2D eigenvalue weighted by Gasteiger charge is 2.26. The first-order chi connectivity index (χ1) is 15.2. The van der Waals surface area contributed by atoms with Gasteiger partial charge in [-0.3, -0.25) is 0 Å². The Hall–Kier alpha value is -1.04. The average molecular weight is 539 g/mol. The van der Waals surface area contributed by atoms with E-state index in [2.05, 4.69) is 34.7 Å². The number of thioether (sulfide) groups is 1. The normalized spacial score (nSPS) is 16.3. The van der Waals surface area contributed by atoms with E-state index in [1.165, 1.54) is 0 Å². The van der Waals surface area contributed by atoms with E-state index < -0.39 is 5.60 Å². The molecule has 0 aromatic carbocycles. The molecule has 0 aromatic heterocycles. The van der Waals surface area contributed by atoms with E-state index in [1.54, 1.807) is 21.6 Å². The molecule has 0 saturated carbocycles. The van der Waals surface area contributed by atoms with Gasteiger partial charge in [0.15, 0.2) is 0 Å². The van der Waals surface area contributed by atoms with Crippen molar-refractivity contribution in [3.8, 4) is 0 Å². The fourth-order valence-corrected chi connectivity index (χ4v) is 3.32. The number of carbonyl (C=O) groups excluding carboxylic acids is 2. The van der Waals surface area contributed by atoms with Crippen molar-refractivity contribution in [2.24, 2.45) is 0 Å². The van der Waals surface area contributed by atoms with Crippen LogP contribution < -0.4 is 5.32 Å². The summed E-state index contributed by atoms with van der Waals surface area (Å²) in [5.41, 5.74) is -0.815. The van der Waals surface area contributed by atoms with Crippen molar-refractivity contribution in [3.63, 3.8) is 0 Å². The zero-order chi connectivity index (χ0) is 25.7. The number of piperazine rings is 2. The van der Waals surface area contributed by atoms with Gasteiger partial charge in [-0.05, 0) is 72.2 Å². The van der Waals surface area contributed by atoms with Crippen LogP contribution in [0.3, 0.4) is 0 Å². The second-order valence-electron chi connectivity index (χ2n) is 9.23. The molecule has 8 nitrogen and oxygen atoms in total. The van der Waals surface area contributed by atoms with Crippen LogP contribution in [0, 0.1) is 0 Å². The molecule has 12 heteroatoms. The third kappa shape index (κ3) is 15.5. The second-order valence-corrected chi connectivity index (χ2v) is 11.3. The third-order valence-electron chi connectivity index (χ3n) is 4.13. The summed E-state index contributed by atoms with van der Waals surface area (Å²) >= 11 is 14.7. The number of carbonyl (C=O) groups is 2. The van der Waals surface area contributed by atoms with E-state index in [1.807, 2.05) is 52.1 Å². The molecule has 2 fully saturated rings. The van der Waals surface area contributed by atoms with Gasteiger partial charge in [0.25, 0.3) is 0 Å². The van der Waals surface area contributed by atoms with Gasteiger partial charge < -0.3 is 29.5 Å². The largest absolute Gasteiger partial charge is 0.444 e. The minimum absolute atomic E-state index is 0.200. The molecule has 0 aliphatic carbocycles. The van der Waals surface area contributed by atoms with Gasteiger partial charge in [-0.1, -0.05) is 12.2 Å². The maximum Gasteiger partial charge on any atom is 0.410 e. The fourth-order valence-electron chi connectivity index (χ4n) is 2.70. The van der Waals surface area contributed by atoms with Crippen LogP contribution in [-0.4, -0.2) is 105 Å². The van der Waals surface area contributed by atoms with Crippen molar-refractivity contribution in [2.75, 3.05) is 58.6 Å². The van der Waals surface area contributed by atoms with Crippen molar-refractivity contribution in [1.82, 2.24) is 20.0 Å². The first-order valence-electron chi connectivity index (χ1n) is 10.7. The number of nitrogens with zero attached hydrogens (tertiary/aromatic N) is 3. The summed E-state index contributed by atoms with van der Waals surface area (Å²) in [5.74, 6) is 0. The molecule has 2 amide bonds. The van der Waals surface area contributed by atoms with Crippen molar-refractivity contribution < 1.29 is 19.1 Å². The molecule has 2 aliphatic rings. The minimum atomic E-state index is -0.428. The SMILES string of the molecule is CC(C)(C)OC(=O)N1CCNCC1.CSC(=S)N1CCN(C(=O)OC(C)(C)C)CC1.S=C=S. The number of ether oxygens (including phenoxy) is 2. The van der Waals surface area contributed by atoms with Crippen LogP contribution in [0.1, 0.15) is 41.5 Å². The Morgan fingerprint density at radius 2 is 1.12 bits per heavy atom. The standard InChI is InChI=1S/C11H20N2O2S2.C9H18N2O2.CS2/c1-11(2,3)15-9(14)12-5-7-13(8-6-12)10(16)17-4;1-9(2,3)13-8(12)11-6-4-10-5-7-11;2-1-3/h5-8H2,1-4H3;10H,4-7H2,1-3H3;. The minimum Gasteiger partial charge on any atom is -0.444 e. The lowest BCUT2D eigenvalue weighted by molar-refractivity contribution is 0.0187. The van der Waals surface area contributed by atoms with Gasteiger partial charge in [0.05, 0.1) is 0 Å². The lowest BCUT2D eigenvalue weighted by Gasteiger charge is -2.36. The quantitative estimate of drug-likeness (QED) is 0.457. The summed E-state index contributed by atoms with van der Waals surface area (Å²) in [5, 5.41) is 3.18. The maximum atomic E-state index is 11.8. The summed E-state index contributed by atoms with van der Waals surface area (Å²) in [7, 11) is 0. The van der Waals surface area contributed by atoms with E-state index in [0.717, 1.165) is 43.6 Å². The smallest absolute Gasteiger partial charge is 0.410 e. The first kappa shape index (κ1) is 32.0. The van der Waals surface area contributed by atoms with Gasteiger partial charge in [0, 0.05) is 56.7 Å². The Labute approximate surface area is 219 Å². The summed E-state index contributed by atoms with van der Waals surface area (Å²) in [6.07, 6.45) is 1.55. The van der Waals surface area contributed by atoms with Crippen molar-refractivity contribution in [2.45, 2.75) is 52.7 Å². The van der Waals surface area contributed by atoms with Gasteiger partial charge in [-0.25, -0.2) is 9.59 Å². The van der Waals surface area contributed by atoms with Gasteiger partial charge in [-0.15, -0.1) is 11.8 Å². The van der Waals surface area contributed by atoms with Gasteiger partial charge >= 0.3 is 12.2 Å². The van der Waals surface area contributed by atoms with E-state index in [-0.39, 0.29) is 17.8 Å². The van der Waals surface area contributed by atoms with E-state index >= 15 is 0 Å². The van der Waals surface area contributed by atoms with Crippen LogP contribution in [0.2, 0.25) is 0 Å². The molecule has 1 N–H and O–H groups in total. The Balaban J connectivity index is 0.000000569. The highest BCUT2D eigenvalue weighted by Crippen LogP contribution is 2.14. The predicted octanol–water partition coefficient (Wildman–Crippen LogP) is 4.03. The molecular formula is C21H38N4O4S4. The zero-order valence-corrected chi connectivity index (χ0v) is 24.0. The number of thiocarbonyl (C=S) groups is 3. The van der Waals surface area contributed by atoms with Gasteiger partial charge in [-0.2, -0.15) is 0 Å². The van der Waals surface area contributed by atoms with Crippen molar-refractivity contribution in [1.29, 1.82) is 0 Å². The van der Waals surface area contributed by atoms with Crippen LogP contribution in [0.4, 0.5) is 9.59 Å². The first-order valence-corrected chi connectivity index (χ1v) is 13.2. The monoisotopic (exact) mass is 538 g/mol. The van der Waals surface area contributed by atoms with Gasteiger partial charge in [0.1, 0.15) is 15.5 Å². The Bertz CT molecular complexity index is 660. The third-order valence-corrected chi connectivity index (χ3v) is 5.50. The summed E-state index contributed by atoms with van der Waals surface area (Å²) < 4.78 is 13.4. The molecule has 2 heterocycles. The molecule has 2 aliphatic heterocycles. The van der Waals surface area contributed by atoms with Crippen molar-refractivity contribution in [3.05, 3.63) is 0 Å². The Morgan fingerprint density at radius 1 is 0.788 bits per heavy atom. The molecule has 2 rings (SSSR count). The lowest BCUT2D eigenvalue weighted by Crippen LogP contribution is -2.50. The van der Waals surface area contributed by atoms with E-state index in [0.29, 0.717) is 13.1 Å². The molecule has 0 spiro atoms. The Kier molecular flexibility index (Phi) is 15.3. The topological polar surface area (TPSA) is 74.4 Å². The lowest BCUT2D eigenvalue weighted by atomic mass is 10.2. The molecule has 190 valence electrons. The maximum absolute atomic E-state index is 11.8. The van der Waals surface area contributed by atoms with Crippen LogP contribution in [-0.2, 0) is 9.47 Å². The molecule has 0 unspecified atom stereocenters. The molecule has 0 radical (unpaired) electrons. The fraction of sp³-hybridized carbons (Fsp3) is 0.810. The molecule has 0 bridgehead atoms. The van der Waals surface area contributed by atoms with Crippen LogP contribution >= 0.6 is 48.4 Å². The molecule has 33 heavy (non-hydrogen) atoms. The van der Waals surface area contributed by atoms with Gasteiger partial charge in [0.2, 0.25) is 0 Å². The highest BCUT2D eigenvalue weighted by molar-refractivity contribution is 8.22. The molecule has 0 aromatic rings. The second kappa shape index (κ2) is 15.8.